The molecule has 0 spiro atoms. The lowest BCUT2D eigenvalue weighted by atomic mass is 10.00. The zero-order valence-corrected chi connectivity index (χ0v) is 25.9. The monoisotopic (exact) mass is 621 g/mol. The molecule has 1 aliphatic heterocycles. The Morgan fingerprint density at radius 1 is 0.826 bits per heavy atom. The van der Waals surface area contributed by atoms with E-state index >= 15 is 0 Å². The molecule has 234 valence electrons. The van der Waals surface area contributed by atoms with Gasteiger partial charge in [-0.1, -0.05) is 24.3 Å². The summed E-state index contributed by atoms with van der Waals surface area (Å²) in [5, 5.41) is 7.88. The third kappa shape index (κ3) is 5.77. The fraction of sp³-hybridized carbons (Fsp3) is 0.171. The van der Waals surface area contributed by atoms with Crippen LogP contribution in [0.1, 0.15) is 22.8 Å². The number of amides is 1. The van der Waals surface area contributed by atoms with Crippen molar-refractivity contribution in [3.8, 4) is 62.7 Å². The summed E-state index contributed by atoms with van der Waals surface area (Å²) < 4.78 is 35.0. The van der Waals surface area contributed by atoms with Crippen molar-refractivity contribution in [1.82, 2.24) is 9.78 Å². The van der Waals surface area contributed by atoms with Crippen LogP contribution in [0.4, 0.5) is 5.69 Å². The second-order valence-electron chi connectivity index (χ2n) is 10.4. The topological polar surface area (TPSA) is 119 Å². The zero-order valence-electron chi connectivity index (χ0n) is 25.9. The molecule has 1 aliphatic rings. The fourth-order valence-corrected chi connectivity index (χ4v) is 5.21. The lowest BCUT2D eigenvalue weighted by Gasteiger charge is -2.14. The number of methoxy groups -OCH3 is 3. The summed E-state index contributed by atoms with van der Waals surface area (Å²) in [5.41, 5.74) is 5.03. The molecule has 0 bridgehead atoms. The van der Waals surface area contributed by atoms with Crippen molar-refractivity contribution in [3.05, 3.63) is 90.0 Å². The van der Waals surface area contributed by atoms with Gasteiger partial charge in [-0.15, -0.1) is 0 Å². The Labute approximate surface area is 265 Å². The number of carbonyl (C=O) groups excluding carboxylic acids is 2. The summed E-state index contributed by atoms with van der Waals surface area (Å²) in [4.78, 5) is 25.5. The number of esters is 1. The van der Waals surface area contributed by atoms with E-state index in [2.05, 4.69) is 5.32 Å². The number of benzene rings is 4. The second-order valence-corrected chi connectivity index (χ2v) is 10.4. The summed E-state index contributed by atoms with van der Waals surface area (Å²) in [6, 6.07) is 23.4. The van der Waals surface area contributed by atoms with Gasteiger partial charge in [-0.3, -0.25) is 9.59 Å². The third-order valence-corrected chi connectivity index (χ3v) is 7.33. The van der Waals surface area contributed by atoms with Gasteiger partial charge in [-0.25, -0.2) is 0 Å². The number of fused-ring (bicyclic) bond motifs is 1. The Morgan fingerprint density at radius 2 is 1.54 bits per heavy atom. The van der Waals surface area contributed by atoms with Crippen molar-refractivity contribution in [1.29, 1.82) is 0 Å². The van der Waals surface area contributed by atoms with Crippen LogP contribution < -0.4 is 33.7 Å². The van der Waals surface area contributed by atoms with Crippen LogP contribution in [-0.4, -0.2) is 49.8 Å². The molecular weight excluding hydrogens is 590 g/mol. The molecule has 0 aliphatic carbocycles. The van der Waals surface area contributed by atoms with Gasteiger partial charge in [-0.05, 0) is 72.6 Å². The van der Waals surface area contributed by atoms with E-state index < -0.39 is 5.97 Å². The molecule has 0 atom stereocenters. The fourth-order valence-electron chi connectivity index (χ4n) is 5.21. The Balaban J connectivity index is 1.47. The van der Waals surface area contributed by atoms with E-state index in [4.69, 9.17) is 33.5 Å². The maximum atomic E-state index is 13.0. The highest BCUT2D eigenvalue weighted by molar-refractivity contribution is 6.05. The maximum Gasteiger partial charge on any atom is 0.309 e. The Morgan fingerprint density at radius 3 is 2.20 bits per heavy atom. The van der Waals surface area contributed by atoms with Gasteiger partial charge >= 0.3 is 5.97 Å². The van der Waals surface area contributed by atoms with Gasteiger partial charge in [0, 0.05) is 23.7 Å². The van der Waals surface area contributed by atoms with E-state index in [1.807, 2.05) is 43.3 Å². The van der Waals surface area contributed by atoms with Crippen LogP contribution in [0, 0.1) is 6.92 Å². The summed E-state index contributed by atoms with van der Waals surface area (Å²) in [6.07, 6.45) is 0. The average Bonchev–Trinajstić information content (AvgIpc) is 3.68. The minimum absolute atomic E-state index is 0.121. The maximum absolute atomic E-state index is 13.0. The molecule has 0 radical (unpaired) electrons. The van der Waals surface area contributed by atoms with Crippen LogP contribution in [0.5, 0.6) is 34.6 Å². The highest BCUT2D eigenvalue weighted by atomic mass is 16.7. The van der Waals surface area contributed by atoms with Gasteiger partial charge in [-0.2, -0.15) is 9.78 Å². The molecule has 2 heterocycles. The van der Waals surface area contributed by atoms with Crippen molar-refractivity contribution >= 4 is 17.6 Å². The first kappa shape index (κ1) is 30.1. The number of anilines is 1. The molecule has 1 amide bonds. The first-order valence-electron chi connectivity index (χ1n) is 14.3. The van der Waals surface area contributed by atoms with Gasteiger partial charge in [0.2, 0.25) is 18.4 Å². The van der Waals surface area contributed by atoms with Crippen molar-refractivity contribution in [2.45, 2.75) is 13.8 Å². The molecule has 5 aromatic rings. The number of carbonyl (C=O) groups is 2. The Hall–Kier alpha value is -5.97. The highest BCUT2D eigenvalue weighted by Crippen LogP contribution is 2.46. The predicted octanol–water partition coefficient (Wildman–Crippen LogP) is 6.45. The van der Waals surface area contributed by atoms with E-state index in [0.717, 1.165) is 5.56 Å². The van der Waals surface area contributed by atoms with E-state index in [-0.39, 0.29) is 18.6 Å². The number of aromatic nitrogens is 2. The number of aryl methyl sites for hydroxylation is 1. The second kappa shape index (κ2) is 12.6. The molecule has 4 aromatic carbocycles. The molecule has 1 N–H and O–H groups in total. The van der Waals surface area contributed by atoms with Crippen LogP contribution >= 0.6 is 0 Å². The smallest absolute Gasteiger partial charge is 0.309 e. The molecule has 0 fully saturated rings. The number of nitrogens with zero attached hydrogens (tertiary/aromatic N) is 2. The lowest BCUT2D eigenvalue weighted by molar-refractivity contribution is -0.132. The minimum atomic E-state index is -0.515. The van der Waals surface area contributed by atoms with Crippen LogP contribution in [-0.2, 0) is 4.79 Å². The van der Waals surface area contributed by atoms with E-state index in [0.29, 0.717) is 68.1 Å². The van der Waals surface area contributed by atoms with Crippen LogP contribution in [0.2, 0.25) is 0 Å². The van der Waals surface area contributed by atoms with E-state index in [9.17, 15) is 9.59 Å². The zero-order chi connectivity index (χ0) is 32.4. The normalized spacial score (nSPS) is 11.6. The number of rotatable bonds is 9. The van der Waals surface area contributed by atoms with Gasteiger partial charge in [0.15, 0.2) is 23.0 Å². The first-order valence-corrected chi connectivity index (χ1v) is 14.3. The molecule has 1 aromatic heterocycles. The van der Waals surface area contributed by atoms with Crippen molar-refractivity contribution < 1.29 is 38.0 Å². The molecule has 6 rings (SSSR count). The van der Waals surface area contributed by atoms with Crippen molar-refractivity contribution in [3.63, 3.8) is 0 Å². The molecule has 0 saturated carbocycles. The summed E-state index contributed by atoms with van der Waals surface area (Å²) in [6.45, 7) is 3.43. The lowest BCUT2D eigenvalue weighted by Crippen LogP contribution is -2.11. The van der Waals surface area contributed by atoms with Gasteiger partial charge in [0.25, 0.3) is 5.91 Å². The minimum Gasteiger partial charge on any atom is -0.493 e. The van der Waals surface area contributed by atoms with E-state index in [1.54, 1.807) is 47.1 Å². The average molecular weight is 622 g/mol. The van der Waals surface area contributed by atoms with Crippen molar-refractivity contribution in [2.24, 2.45) is 0 Å². The first-order chi connectivity index (χ1) is 22.3. The Bertz CT molecular complexity index is 1920. The number of hydrogen-bond donors (Lipinski definition) is 1. The molecule has 0 unspecified atom stereocenters. The number of ether oxygens (including phenoxy) is 6. The quantitative estimate of drug-likeness (QED) is 0.185. The Kier molecular flexibility index (Phi) is 8.21. The van der Waals surface area contributed by atoms with E-state index in [1.165, 1.54) is 28.3 Å². The largest absolute Gasteiger partial charge is 0.493 e. The standard InChI is InChI=1S/C35H31N3O8/c1-20-7-6-8-26(15-20)38-35(46-21(2)39)31(32(37-38)24-17-29(41-3)33(43-5)30(18-24)42-4)22-9-12-25(13-10-22)36-34(40)23-11-14-27-28(16-23)45-19-44-27/h6-18H,19H2,1-5H3,(H,36,40). The van der Waals surface area contributed by atoms with Crippen LogP contribution in [0.3, 0.4) is 0 Å². The van der Waals surface area contributed by atoms with Crippen molar-refractivity contribution in [2.75, 3.05) is 33.4 Å². The summed E-state index contributed by atoms with van der Waals surface area (Å²) in [5.74, 6) is 1.81. The summed E-state index contributed by atoms with van der Waals surface area (Å²) >= 11 is 0. The molecule has 46 heavy (non-hydrogen) atoms. The predicted molar refractivity (Wildman–Crippen MR) is 171 cm³/mol. The summed E-state index contributed by atoms with van der Waals surface area (Å²) in [7, 11) is 4.60. The molecule has 11 heteroatoms. The van der Waals surface area contributed by atoms with Gasteiger partial charge < -0.3 is 33.7 Å². The van der Waals surface area contributed by atoms with Crippen LogP contribution in [0.25, 0.3) is 28.1 Å². The molecule has 0 saturated heterocycles. The van der Waals surface area contributed by atoms with Gasteiger partial charge in [0.1, 0.15) is 5.69 Å². The number of nitrogens with one attached hydrogen (secondary N) is 1. The SMILES string of the molecule is COc1cc(-c2nn(-c3cccc(C)c3)c(OC(C)=O)c2-c2ccc(NC(=O)c3ccc4c(c3)OCO4)cc2)cc(OC)c1OC. The van der Waals surface area contributed by atoms with Gasteiger partial charge in [0.05, 0.1) is 32.6 Å². The molecule has 11 nitrogen and oxygen atoms in total. The third-order valence-electron chi connectivity index (χ3n) is 7.33. The number of hydrogen-bond acceptors (Lipinski definition) is 9. The highest BCUT2D eigenvalue weighted by Gasteiger charge is 2.27. The van der Waals surface area contributed by atoms with Crippen LogP contribution in [0.15, 0.2) is 78.9 Å². The molecular formula is C35H31N3O8.